The molecule has 0 atom stereocenters. The molecule has 1 fully saturated rings. The molecule has 10 nitrogen and oxygen atoms in total. The van der Waals surface area contributed by atoms with Crippen molar-refractivity contribution in [3.8, 4) is 22.9 Å². The van der Waals surface area contributed by atoms with Crippen LogP contribution < -0.4 is 21.1 Å². The Morgan fingerprint density at radius 1 is 0.929 bits per heavy atom. The fourth-order valence-electron chi connectivity index (χ4n) is 5.15. The summed E-state index contributed by atoms with van der Waals surface area (Å²) in [4.78, 5) is 39.3. The van der Waals surface area contributed by atoms with E-state index in [4.69, 9.17) is 10.5 Å². The third-order valence-electron chi connectivity index (χ3n) is 7.35. The molecule has 2 aromatic heterocycles. The molecule has 0 radical (unpaired) electrons. The van der Waals surface area contributed by atoms with Crippen LogP contribution in [0.15, 0.2) is 102 Å². The number of amides is 1. The van der Waals surface area contributed by atoms with Gasteiger partial charge in [0.25, 0.3) is 0 Å². The number of rotatable bonds is 8. The number of imidazole rings is 1. The number of carbonyl (C=O) groups is 1. The first kappa shape index (κ1) is 27.0. The number of hydrogen-bond donors (Lipinski definition) is 1. The molecule has 0 bridgehead atoms. The quantitative estimate of drug-likeness (QED) is 0.277. The number of hydrogen-bond acceptors (Lipinski definition) is 7. The standard InChI is InChI=1S/C32H31N7O3/c1-36(28(40)13-8-20-37-18-5-6-19-37)24-9-7-10-25(21-24)39-31-29(30(33)34-22-35-31)38(32(39)41)23-14-16-27(17-15-23)42-26-11-3-2-4-12-26/h2-4,7-17,21-22H,5-6,18-20H2,1H3,(H2,33,34,35)/b13-8+. The van der Waals surface area contributed by atoms with E-state index >= 15 is 0 Å². The van der Waals surface area contributed by atoms with Crippen LogP contribution in [0, 0.1) is 0 Å². The van der Waals surface area contributed by atoms with Crippen molar-refractivity contribution in [2.75, 3.05) is 37.3 Å². The summed E-state index contributed by atoms with van der Waals surface area (Å²) < 4.78 is 8.87. The summed E-state index contributed by atoms with van der Waals surface area (Å²) in [7, 11) is 1.72. The Morgan fingerprint density at radius 2 is 1.67 bits per heavy atom. The first-order valence-electron chi connectivity index (χ1n) is 13.8. The Kier molecular flexibility index (Phi) is 7.52. The van der Waals surface area contributed by atoms with Crippen LogP contribution in [0.1, 0.15) is 12.8 Å². The molecular weight excluding hydrogens is 530 g/mol. The van der Waals surface area contributed by atoms with Crippen molar-refractivity contribution in [3.05, 3.63) is 108 Å². The number of nitrogens with two attached hydrogens (primary N) is 1. The van der Waals surface area contributed by atoms with Crippen LogP contribution in [0.2, 0.25) is 0 Å². The van der Waals surface area contributed by atoms with Gasteiger partial charge < -0.3 is 15.4 Å². The van der Waals surface area contributed by atoms with E-state index in [-0.39, 0.29) is 17.4 Å². The maximum atomic E-state index is 14.0. The molecule has 1 amide bonds. The SMILES string of the molecule is CN(C(=O)/C=C/CN1CCCC1)c1cccc(-n2c(=O)n(-c3ccc(Oc4ccccc4)cc3)c3c(N)ncnc32)c1. The predicted octanol–water partition coefficient (Wildman–Crippen LogP) is 4.56. The van der Waals surface area contributed by atoms with Gasteiger partial charge >= 0.3 is 5.69 Å². The lowest BCUT2D eigenvalue weighted by atomic mass is 10.2. The number of ether oxygens (including phenoxy) is 1. The Balaban J connectivity index is 1.33. The Bertz CT molecular complexity index is 1800. The monoisotopic (exact) mass is 561 g/mol. The van der Waals surface area contributed by atoms with Crippen molar-refractivity contribution in [2.24, 2.45) is 0 Å². The molecule has 0 spiro atoms. The van der Waals surface area contributed by atoms with Gasteiger partial charge in [-0.15, -0.1) is 0 Å². The summed E-state index contributed by atoms with van der Waals surface area (Å²) in [5.74, 6) is 1.36. The maximum absolute atomic E-state index is 14.0. The van der Waals surface area contributed by atoms with Gasteiger partial charge in [0.05, 0.1) is 11.4 Å². The highest BCUT2D eigenvalue weighted by atomic mass is 16.5. The van der Waals surface area contributed by atoms with Crippen LogP contribution in [0.3, 0.4) is 0 Å². The van der Waals surface area contributed by atoms with Gasteiger partial charge in [0, 0.05) is 25.4 Å². The Labute approximate surface area is 242 Å². The first-order chi connectivity index (χ1) is 20.5. The molecule has 3 aromatic carbocycles. The average molecular weight is 562 g/mol. The topological polar surface area (TPSA) is 112 Å². The van der Waals surface area contributed by atoms with Gasteiger partial charge in [-0.1, -0.05) is 30.3 Å². The number of aromatic nitrogens is 4. The zero-order valence-electron chi connectivity index (χ0n) is 23.3. The molecule has 0 unspecified atom stereocenters. The highest BCUT2D eigenvalue weighted by Crippen LogP contribution is 2.27. The van der Waals surface area contributed by atoms with Crippen molar-refractivity contribution in [1.29, 1.82) is 0 Å². The molecular formula is C32H31N7O3. The van der Waals surface area contributed by atoms with Crippen molar-refractivity contribution in [1.82, 2.24) is 24.0 Å². The second-order valence-electron chi connectivity index (χ2n) is 10.1. The van der Waals surface area contributed by atoms with E-state index in [1.165, 1.54) is 28.3 Å². The summed E-state index contributed by atoms with van der Waals surface area (Å²) in [6, 6.07) is 23.8. The van der Waals surface area contributed by atoms with Crippen LogP contribution in [0.5, 0.6) is 11.5 Å². The molecule has 3 heterocycles. The number of anilines is 2. The molecule has 1 aliphatic rings. The molecule has 6 rings (SSSR count). The van der Waals surface area contributed by atoms with E-state index in [1.807, 2.05) is 42.5 Å². The molecule has 10 heteroatoms. The fourth-order valence-corrected chi connectivity index (χ4v) is 5.15. The third-order valence-corrected chi connectivity index (χ3v) is 7.35. The lowest BCUT2D eigenvalue weighted by molar-refractivity contribution is -0.113. The molecule has 1 saturated heterocycles. The molecule has 212 valence electrons. The molecule has 5 aromatic rings. The summed E-state index contributed by atoms with van der Waals surface area (Å²) in [6.45, 7) is 2.89. The lowest BCUT2D eigenvalue weighted by Gasteiger charge is -2.17. The number of para-hydroxylation sites is 1. The van der Waals surface area contributed by atoms with Crippen LogP contribution in [0.25, 0.3) is 22.5 Å². The highest BCUT2D eigenvalue weighted by Gasteiger charge is 2.21. The number of likely N-dealkylation sites (tertiary alicyclic amines) is 1. The smallest absolute Gasteiger partial charge is 0.339 e. The minimum atomic E-state index is -0.370. The van der Waals surface area contributed by atoms with Crippen molar-refractivity contribution in [3.63, 3.8) is 0 Å². The van der Waals surface area contributed by atoms with Crippen LogP contribution in [0.4, 0.5) is 11.5 Å². The molecule has 2 N–H and O–H groups in total. The van der Waals surface area contributed by atoms with Gasteiger partial charge in [-0.25, -0.2) is 19.3 Å². The van der Waals surface area contributed by atoms with Gasteiger partial charge in [-0.2, -0.15) is 0 Å². The van der Waals surface area contributed by atoms with E-state index in [9.17, 15) is 9.59 Å². The zero-order valence-corrected chi connectivity index (χ0v) is 23.3. The number of likely N-dealkylation sites (N-methyl/N-ethyl adjacent to an activating group) is 1. The summed E-state index contributed by atoms with van der Waals surface area (Å²) in [5, 5.41) is 0. The largest absolute Gasteiger partial charge is 0.457 e. The summed E-state index contributed by atoms with van der Waals surface area (Å²) >= 11 is 0. The second kappa shape index (κ2) is 11.7. The summed E-state index contributed by atoms with van der Waals surface area (Å²) in [5.41, 5.74) is 8.42. The van der Waals surface area contributed by atoms with Crippen LogP contribution in [-0.2, 0) is 4.79 Å². The maximum Gasteiger partial charge on any atom is 0.339 e. The van der Waals surface area contributed by atoms with Gasteiger partial charge in [-0.05, 0) is 80.5 Å². The molecule has 42 heavy (non-hydrogen) atoms. The Hall–Kier alpha value is -5.22. The highest BCUT2D eigenvalue weighted by molar-refractivity contribution is 6.01. The van der Waals surface area contributed by atoms with E-state index in [1.54, 1.807) is 60.5 Å². The molecule has 0 aliphatic carbocycles. The molecule has 0 saturated carbocycles. The number of fused-ring (bicyclic) bond motifs is 1. The van der Waals surface area contributed by atoms with E-state index in [0.29, 0.717) is 39.7 Å². The lowest BCUT2D eigenvalue weighted by Crippen LogP contribution is -2.26. The number of benzene rings is 3. The summed E-state index contributed by atoms with van der Waals surface area (Å²) in [6.07, 6.45) is 7.24. The van der Waals surface area contributed by atoms with Crippen molar-refractivity contribution in [2.45, 2.75) is 12.8 Å². The van der Waals surface area contributed by atoms with E-state index in [0.717, 1.165) is 19.6 Å². The van der Waals surface area contributed by atoms with Crippen LogP contribution in [-0.4, -0.2) is 56.6 Å². The van der Waals surface area contributed by atoms with Gasteiger partial charge in [0.15, 0.2) is 11.5 Å². The van der Waals surface area contributed by atoms with Gasteiger partial charge in [0.2, 0.25) is 5.91 Å². The van der Waals surface area contributed by atoms with Gasteiger partial charge in [0.1, 0.15) is 23.3 Å². The number of carbonyl (C=O) groups excluding carboxylic acids is 1. The van der Waals surface area contributed by atoms with E-state index in [2.05, 4.69) is 14.9 Å². The Morgan fingerprint density at radius 3 is 2.43 bits per heavy atom. The third kappa shape index (κ3) is 5.39. The predicted molar refractivity (Wildman–Crippen MR) is 164 cm³/mol. The first-order valence-corrected chi connectivity index (χ1v) is 13.8. The van der Waals surface area contributed by atoms with Gasteiger partial charge in [-0.3, -0.25) is 14.3 Å². The minimum Gasteiger partial charge on any atom is -0.457 e. The number of nitrogen functional groups attached to an aromatic ring is 1. The normalized spacial score (nSPS) is 13.6. The van der Waals surface area contributed by atoms with Crippen molar-refractivity contribution < 1.29 is 9.53 Å². The van der Waals surface area contributed by atoms with Crippen molar-refractivity contribution >= 4 is 28.6 Å². The second-order valence-corrected chi connectivity index (χ2v) is 10.1. The fraction of sp³-hybridized carbons (Fsp3) is 0.188. The van der Waals surface area contributed by atoms with Crippen LogP contribution >= 0.6 is 0 Å². The minimum absolute atomic E-state index is 0.148. The zero-order chi connectivity index (χ0) is 29.1. The molecule has 1 aliphatic heterocycles. The average Bonchev–Trinajstić information content (AvgIpc) is 3.64. The van der Waals surface area contributed by atoms with E-state index < -0.39 is 0 Å². The number of nitrogens with zero attached hydrogens (tertiary/aromatic N) is 6.